The van der Waals surface area contributed by atoms with Gasteiger partial charge < -0.3 is 20.3 Å². The second-order valence-electron chi connectivity index (χ2n) is 7.65. The number of ether oxygens (including phenoxy) is 2. The predicted octanol–water partition coefficient (Wildman–Crippen LogP) is 1.51. The van der Waals surface area contributed by atoms with Crippen LogP contribution in [-0.4, -0.2) is 60.8 Å². The number of hydrogen-bond donors (Lipinski definition) is 4. The molecule has 0 saturated heterocycles. The van der Waals surface area contributed by atoms with Gasteiger partial charge in [-0.25, -0.2) is 14.8 Å². The van der Waals surface area contributed by atoms with Crippen molar-refractivity contribution in [2.24, 2.45) is 5.73 Å². The number of carboxylic acid groups (broad SMARTS) is 1. The minimum Gasteiger partial charge on any atom is -0.481 e. The van der Waals surface area contributed by atoms with E-state index in [0.29, 0.717) is 29.6 Å². The highest BCUT2D eigenvalue weighted by Gasteiger charge is 2.23. The second kappa shape index (κ2) is 12.1. The summed E-state index contributed by atoms with van der Waals surface area (Å²) in [7, 11) is 3.04. The molecule has 192 valence electrons. The van der Waals surface area contributed by atoms with Crippen molar-refractivity contribution in [1.29, 1.82) is 5.41 Å². The molecule has 0 radical (unpaired) electrons. The van der Waals surface area contributed by atoms with Crippen molar-refractivity contribution in [3.63, 3.8) is 0 Å². The van der Waals surface area contributed by atoms with Crippen LogP contribution >= 0.6 is 0 Å². The molecule has 3 aromatic heterocycles. The SMILES string of the molecule is CC(=O)O.COc1cc(C(Cc2ccc(C(=N)N)cc2)c2nn(-c3ncccn3)c(=O)[nH]2)cc(OC)n1. The largest absolute Gasteiger partial charge is 0.481 e. The van der Waals surface area contributed by atoms with Gasteiger partial charge in [-0.15, -0.1) is 9.78 Å². The molecule has 0 amide bonds. The number of nitrogens with zero attached hydrogens (tertiary/aromatic N) is 5. The summed E-state index contributed by atoms with van der Waals surface area (Å²) < 4.78 is 11.8. The third-order valence-electron chi connectivity index (χ3n) is 5.03. The van der Waals surface area contributed by atoms with E-state index < -0.39 is 11.7 Å². The smallest absolute Gasteiger partial charge is 0.350 e. The number of benzene rings is 1. The summed E-state index contributed by atoms with van der Waals surface area (Å²) in [4.78, 5) is 37.0. The highest BCUT2D eigenvalue weighted by Crippen LogP contribution is 2.30. The lowest BCUT2D eigenvalue weighted by molar-refractivity contribution is -0.134. The molecule has 0 fully saturated rings. The van der Waals surface area contributed by atoms with Gasteiger partial charge in [0.1, 0.15) is 11.7 Å². The molecule has 0 saturated carbocycles. The van der Waals surface area contributed by atoms with Crippen LogP contribution in [0.1, 0.15) is 35.4 Å². The Morgan fingerprint density at radius 1 is 1.14 bits per heavy atom. The zero-order valence-electron chi connectivity index (χ0n) is 20.4. The van der Waals surface area contributed by atoms with Crippen LogP contribution in [0, 0.1) is 5.41 Å². The number of nitrogens with one attached hydrogen (secondary N) is 2. The summed E-state index contributed by atoms with van der Waals surface area (Å²) >= 11 is 0. The Morgan fingerprint density at radius 2 is 1.70 bits per heavy atom. The van der Waals surface area contributed by atoms with E-state index in [2.05, 4.69) is 25.0 Å². The summed E-state index contributed by atoms with van der Waals surface area (Å²) in [6.07, 6.45) is 3.56. The number of aromatic amines is 1. The van der Waals surface area contributed by atoms with Crippen LogP contribution in [0.25, 0.3) is 5.95 Å². The molecule has 4 rings (SSSR count). The summed E-state index contributed by atoms with van der Waals surface area (Å²) in [5, 5.41) is 19.5. The lowest BCUT2D eigenvalue weighted by atomic mass is 9.91. The molecule has 5 N–H and O–H groups in total. The van der Waals surface area contributed by atoms with Gasteiger partial charge in [0, 0.05) is 42.9 Å². The van der Waals surface area contributed by atoms with E-state index in [1.807, 2.05) is 12.1 Å². The van der Waals surface area contributed by atoms with E-state index in [1.54, 1.807) is 30.3 Å². The first-order valence-electron chi connectivity index (χ1n) is 10.9. The Hall–Kier alpha value is -5.07. The number of methoxy groups -OCH3 is 2. The highest BCUT2D eigenvalue weighted by atomic mass is 16.5. The second-order valence-corrected chi connectivity index (χ2v) is 7.65. The first kappa shape index (κ1) is 26.5. The van der Waals surface area contributed by atoms with Crippen molar-refractivity contribution in [3.05, 3.63) is 87.9 Å². The minimum absolute atomic E-state index is 0.00681. The topological polar surface area (TPSA) is 195 Å². The first-order chi connectivity index (χ1) is 17.7. The van der Waals surface area contributed by atoms with E-state index in [4.69, 9.17) is 30.5 Å². The number of aliphatic carboxylic acids is 1. The molecule has 1 unspecified atom stereocenters. The summed E-state index contributed by atoms with van der Waals surface area (Å²) in [6.45, 7) is 1.08. The van der Waals surface area contributed by atoms with Crippen LogP contribution in [0.15, 0.2) is 59.7 Å². The summed E-state index contributed by atoms with van der Waals surface area (Å²) in [6, 6.07) is 12.5. The number of pyridine rings is 1. The third-order valence-corrected chi connectivity index (χ3v) is 5.03. The quantitative estimate of drug-likeness (QED) is 0.201. The fourth-order valence-corrected chi connectivity index (χ4v) is 3.37. The van der Waals surface area contributed by atoms with Crippen LogP contribution in [0.2, 0.25) is 0 Å². The molecule has 0 spiro atoms. The molecule has 1 atom stereocenters. The molecule has 13 heteroatoms. The molecule has 13 nitrogen and oxygen atoms in total. The van der Waals surface area contributed by atoms with Crippen LogP contribution < -0.4 is 20.9 Å². The average Bonchev–Trinajstić information content (AvgIpc) is 3.28. The van der Waals surface area contributed by atoms with Gasteiger partial charge in [-0.1, -0.05) is 24.3 Å². The summed E-state index contributed by atoms with van der Waals surface area (Å²) in [5.41, 5.74) is 7.47. The Kier molecular flexibility index (Phi) is 8.65. The standard InChI is InChI=1S/C22H22N8O3.C2H4O2/c1-32-17-11-15(12-18(27-17)33-2)16(10-13-4-6-14(7-5-13)19(23)24)20-28-22(31)30(29-20)21-25-8-3-9-26-21;1-2(3)4/h3-9,11-12,16H,10H2,1-2H3,(H3,23,24)(H,28,29,31);1H3,(H,3,4). The van der Waals surface area contributed by atoms with Crippen molar-refractivity contribution in [2.75, 3.05) is 14.2 Å². The van der Waals surface area contributed by atoms with E-state index in [0.717, 1.165) is 22.7 Å². The van der Waals surface area contributed by atoms with Gasteiger partial charge in [0.15, 0.2) is 0 Å². The van der Waals surface area contributed by atoms with Crippen LogP contribution in [0.5, 0.6) is 11.8 Å². The van der Waals surface area contributed by atoms with Crippen LogP contribution in [0.3, 0.4) is 0 Å². The molecule has 1 aromatic carbocycles. The van der Waals surface area contributed by atoms with Crippen molar-refractivity contribution >= 4 is 11.8 Å². The van der Waals surface area contributed by atoms with E-state index >= 15 is 0 Å². The monoisotopic (exact) mass is 506 g/mol. The zero-order valence-corrected chi connectivity index (χ0v) is 20.4. The van der Waals surface area contributed by atoms with Gasteiger partial charge in [-0.05, 0) is 23.6 Å². The fourth-order valence-electron chi connectivity index (χ4n) is 3.37. The van der Waals surface area contributed by atoms with Crippen molar-refractivity contribution in [3.8, 4) is 17.7 Å². The van der Waals surface area contributed by atoms with Crippen LogP contribution in [-0.2, 0) is 11.2 Å². The molecule has 0 aliphatic heterocycles. The average molecular weight is 507 g/mol. The molecule has 0 aliphatic rings. The third kappa shape index (κ3) is 6.97. The number of H-pyrrole nitrogens is 1. The minimum atomic E-state index is -0.833. The zero-order chi connectivity index (χ0) is 26.9. The molecule has 0 aliphatic carbocycles. The number of hydrogen-bond acceptors (Lipinski definition) is 9. The van der Waals surface area contributed by atoms with Crippen molar-refractivity contribution < 1.29 is 19.4 Å². The highest BCUT2D eigenvalue weighted by molar-refractivity contribution is 5.94. The predicted molar refractivity (Wildman–Crippen MR) is 133 cm³/mol. The maximum atomic E-state index is 12.7. The Balaban J connectivity index is 0.000000886. The Morgan fingerprint density at radius 3 is 2.22 bits per heavy atom. The number of nitrogens with two attached hydrogens (primary N) is 1. The van der Waals surface area contributed by atoms with E-state index in [9.17, 15) is 4.79 Å². The molecule has 37 heavy (non-hydrogen) atoms. The number of nitrogen functional groups attached to an aromatic ring is 1. The van der Waals surface area contributed by atoms with Gasteiger partial charge in [0.25, 0.3) is 11.9 Å². The summed E-state index contributed by atoms with van der Waals surface area (Å²) in [5.74, 6) is 0.103. The van der Waals surface area contributed by atoms with Crippen molar-refractivity contribution in [2.45, 2.75) is 19.3 Å². The van der Waals surface area contributed by atoms with Gasteiger partial charge in [-0.3, -0.25) is 15.2 Å². The van der Waals surface area contributed by atoms with Gasteiger partial charge in [-0.2, -0.15) is 4.98 Å². The normalized spacial score (nSPS) is 11.1. The maximum Gasteiger partial charge on any atom is 0.350 e. The molecular formula is C24H26N8O5. The van der Waals surface area contributed by atoms with E-state index in [1.165, 1.54) is 26.6 Å². The lowest BCUT2D eigenvalue weighted by Gasteiger charge is -2.17. The number of aromatic nitrogens is 6. The van der Waals surface area contributed by atoms with E-state index in [-0.39, 0.29) is 17.7 Å². The number of rotatable bonds is 8. The fraction of sp³-hybridized carbons (Fsp3) is 0.208. The van der Waals surface area contributed by atoms with Crippen molar-refractivity contribution in [1.82, 2.24) is 29.7 Å². The van der Waals surface area contributed by atoms with Gasteiger partial charge in [0.05, 0.1) is 14.2 Å². The Labute approximate surface area is 211 Å². The molecular weight excluding hydrogens is 480 g/mol. The maximum absolute atomic E-state index is 12.7. The molecule has 3 heterocycles. The Bertz CT molecular complexity index is 1390. The van der Waals surface area contributed by atoms with Crippen LogP contribution in [0.4, 0.5) is 0 Å². The number of carbonyl (C=O) groups is 1. The van der Waals surface area contributed by atoms with Gasteiger partial charge >= 0.3 is 5.69 Å². The molecule has 4 aromatic rings. The van der Waals surface area contributed by atoms with Gasteiger partial charge in [0.2, 0.25) is 11.8 Å². The number of amidine groups is 1. The number of carboxylic acids is 1. The lowest BCUT2D eigenvalue weighted by Crippen LogP contribution is -2.18. The first-order valence-corrected chi connectivity index (χ1v) is 10.9. The molecule has 0 bridgehead atoms.